The largest absolute Gasteiger partial charge is 0.257 e. The Balaban J connectivity index is 1.45. The van der Waals surface area contributed by atoms with Gasteiger partial charge in [-0.25, -0.2) is 0 Å². The Bertz CT molecular complexity index is 1270. The van der Waals surface area contributed by atoms with Gasteiger partial charge in [0.15, 0.2) is 0 Å². The second-order valence-electron chi connectivity index (χ2n) is 7.23. The van der Waals surface area contributed by atoms with Crippen LogP contribution in [0.5, 0.6) is 0 Å². The molecule has 0 bridgehead atoms. The van der Waals surface area contributed by atoms with Gasteiger partial charge in [0, 0.05) is 6.42 Å². The van der Waals surface area contributed by atoms with Crippen molar-refractivity contribution in [1.82, 2.24) is 14.9 Å². The number of rotatable bonds is 5. The van der Waals surface area contributed by atoms with E-state index in [4.69, 9.17) is 17.3 Å². The van der Waals surface area contributed by atoms with Crippen molar-refractivity contribution in [2.75, 3.05) is 5.01 Å². The van der Waals surface area contributed by atoms with E-state index in [1.165, 1.54) is 10.2 Å². The van der Waals surface area contributed by atoms with Gasteiger partial charge in [-0.15, -0.1) is 0 Å². The van der Waals surface area contributed by atoms with E-state index in [1.807, 2.05) is 24.3 Å². The van der Waals surface area contributed by atoms with Gasteiger partial charge in [0.1, 0.15) is 6.33 Å². The van der Waals surface area contributed by atoms with Crippen LogP contribution in [0.3, 0.4) is 0 Å². The topological polar surface area (TPSA) is 61.6 Å². The molecule has 7 heteroatoms. The first-order valence-corrected chi connectivity index (χ1v) is 10.4. The highest BCUT2D eigenvalue weighted by atomic mass is 32.1. The Morgan fingerprint density at radius 2 is 1.65 bits per heavy atom. The zero-order chi connectivity index (χ0) is 21.0. The SMILES string of the molecule is S=c1[nH]ncn1/N=C/c1ccc(N2N=C(c3ccccc3)CC2c2ccccc2)cc1. The normalized spacial score (nSPS) is 16.1. The first kappa shape index (κ1) is 19.1. The lowest BCUT2D eigenvalue weighted by Gasteiger charge is -2.24. The summed E-state index contributed by atoms with van der Waals surface area (Å²) in [5.41, 5.74) is 5.50. The van der Waals surface area contributed by atoms with E-state index in [1.54, 1.807) is 12.5 Å². The van der Waals surface area contributed by atoms with Crippen molar-refractivity contribution in [2.24, 2.45) is 10.2 Å². The number of hydrogen-bond acceptors (Lipinski definition) is 5. The number of aromatic nitrogens is 3. The van der Waals surface area contributed by atoms with Gasteiger partial charge in [0.05, 0.1) is 23.7 Å². The van der Waals surface area contributed by atoms with E-state index >= 15 is 0 Å². The Morgan fingerprint density at radius 3 is 2.32 bits per heavy atom. The van der Waals surface area contributed by atoms with Gasteiger partial charge >= 0.3 is 0 Å². The molecular weight excluding hydrogens is 404 g/mol. The zero-order valence-electron chi connectivity index (χ0n) is 16.7. The van der Waals surface area contributed by atoms with Gasteiger partial charge in [-0.1, -0.05) is 72.8 Å². The van der Waals surface area contributed by atoms with Crippen molar-refractivity contribution in [3.05, 3.63) is 113 Å². The van der Waals surface area contributed by atoms with Gasteiger partial charge in [-0.05, 0) is 41.0 Å². The molecule has 1 N–H and O–H groups in total. The molecule has 2 heterocycles. The fourth-order valence-electron chi connectivity index (χ4n) is 3.65. The minimum Gasteiger partial charge on any atom is -0.257 e. The standard InChI is InChI=1S/C24H20N6S/c31-24-27-25-17-29(24)26-16-18-11-13-21(14-12-18)30-23(20-9-5-2-6-10-20)15-22(28-30)19-7-3-1-4-8-19/h1-14,16-17,23H,15H2,(H,27,31)/b26-16+. The predicted octanol–water partition coefficient (Wildman–Crippen LogP) is 5.18. The summed E-state index contributed by atoms with van der Waals surface area (Å²) in [6.45, 7) is 0. The molecule has 152 valence electrons. The van der Waals surface area contributed by atoms with Crippen LogP contribution in [0, 0.1) is 4.77 Å². The van der Waals surface area contributed by atoms with Crippen LogP contribution < -0.4 is 5.01 Å². The van der Waals surface area contributed by atoms with Crippen LogP contribution in [0.15, 0.2) is 101 Å². The molecular formula is C24H20N6S. The van der Waals surface area contributed by atoms with E-state index in [-0.39, 0.29) is 6.04 Å². The van der Waals surface area contributed by atoms with E-state index in [9.17, 15) is 0 Å². The van der Waals surface area contributed by atoms with Crippen LogP contribution in [0.4, 0.5) is 5.69 Å². The highest BCUT2D eigenvalue weighted by Crippen LogP contribution is 2.36. The zero-order valence-corrected chi connectivity index (χ0v) is 17.5. The van der Waals surface area contributed by atoms with Crippen molar-refractivity contribution in [1.29, 1.82) is 0 Å². The van der Waals surface area contributed by atoms with Crippen molar-refractivity contribution in [3.8, 4) is 0 Å². The lowest BCUT2D eigenvalue weighted by atomic mass is 9.98. The lowest BCUT2D eigenvalue weighted by Crippen LogP contribution is -2.18. The number of benzene rings is 3. The minimum absolute atomic E-state index is 0.153. The molecule has 0 spiro atoms. The maximum Gasteiger partial charge on any atom is 0.216 e. The molecule has 0 amide bonds. The molecule has 6 nitrogen and oxygen atoms in total. The summed E-state index contributed by atoms with van der Waals surface area (Å²) < 4.78 is 1.98. The number of nitrogens with one attached hydrogen (secondary N) is 1. The number of anilines is 1. The monoisotopic (exact) mass is 424 g/mol. The predicted molar refractivity (Wildman–Crippen MR) is 126 cm³/mol. The number of aromatic amines is 1. The molecule has 0 aliphatic carbocycles. The highest BCUT2D eigenvalue weighted by molar-refractivity contribution is 7.71. The maximum atomic E-state index is 5.11. The van der Waals surface area contributed by atoms with Crippen molar-refractivity contribution in [3.63, 3.8) is 0 Å². The van der Waals surface area contributed by atoms with Crippen LogP contribution in [0.1, 0.15) is 29.2 Å². The van der Waals surface area contributed by atoms with Crippen LogP contribution in [-0.4, -0.2) is 26.8 Å². The van der Waals surface area contributed by atoms with Gasteiger partial charge in [-0.2, -0.15) is 20.0 Å². The fraction of sp³-hybridized carbons (Fsp3) is 0.0833. The molecule has 1 atom stereocenters. The maximum absolute atomic E-state index is 5.11. The van der Waals surface area contributed by atoms with E-state index in [2.05, 4.69) is 81.0 Å². The van der Waals surface area contributed by atoms with Crippen LogP contribution >= 0.6 is 12.2 Å². The molecule has 1 aliphatic rings. The highest BCUT2D eigenvalue weighted by Gasteiger charge is 2.29. The number of hydrogen-bond donors (Lipinski definition) is 1. The van der Waals surface area contributed by atoms with E-state index in [0.717, 1.165) is 28.9 Å². The van der Waals surface area contributed by atoms with Crippen molar-refractivity contribution in [2.45, 2.75) is 12.5 Å². The van der Waals surface area contributed by atoms with Crippen LogP contribution in [0.25, 0.3) is 0 Å². The average molecular weight is 425 g/mol. The Kier molecular flexibility index (Phi) is 5.24. The van der Waals surface area contributed by atoms with E-state index < -0.39 is 0 Å². The third kappa shape index (κ3) is 4.08. The molecule has 0 fully saturated rings. The molecule has 1 aliphatic heterocycles. The van der Waals surface area contributed by atoms with Gasteiger partial charge in [-0.3, -0.25) is 10.1 Å². The summed E-state index contributed by atoms with van der Waals surface area (Å²) in [5.74, 6) is 0. The first-order chi connectivity index (χ1) is 15.3. The molecule has 4 aromatic rings. The molecule has 31 heavy (non-hydrogen) atoms. The van der Waals surface area contributed by atoms with Gasteiger partial charge in [0.25, 0.3) is 0 Å². The number of hydrazone groups is 1. The Hall–Kier alpha value is -3.84. The number of H-pyrrole nitrogens is 1. The van der Waals surface area contributed by atoms with Crippen LogP contribution in [-0.2, 0) is 0 Å². The molecule has 3 aromatic carbocycles. The smallest absolute Gasteiger partial charge is 0.216 e. The van der Waals surface area contributed by atoms with Gasteiger partial charge in [0.2, 0.25) is 4.77 Å². The summed E-state index contributed by atoms with van der Waals surface area (Å²) in [7, 11) is 0. The lowest BCUT2D eigenvalue weighted by molar-refractivity contribution is 0.709. The third-order valence-corrected chi connectivity index (χ3v) is 5.50. The fourth-order valence-corrected chi connectivity index (χ4v) is 3.80. The average Bonchev–Trinajstić information content (AvgIpc) is 3.46. The minimum atomic E-state index is 0.153. The second kappa shape index (κ2) is 8.49. The van der Waals surface area contributed by atoms with Crippen molar-refractivity contribution >= 4 is 29.8 Å². The third-order valence-electron chi connectivity index (χ3n) is 5.23. The van der Waals surface area contributed by atoms with Gasteiger partial charge < -0.3 is 0 Å². The summed E-state index contributed by atoms with van der Waals surface area (Å²) >= 11 is 5.11. The summed E-state index contributed by atoms with van der Waals surface area (Å²) in [4.78, 5) is 0. The molecule has 1 aromatic heterocycles. The van der Waals surface area contributed by atoms with Crippen molar-refractivity contribution < 1.29 is 0 Å². The quantitative estimate of drug-likeness (QED) is 0.355. The first-order valence-electron chi connectivity index (χ1n) is 10.0. The summed E-state index contributed by atoms with van der Waals surface area (Å²) in [5, 5.41) is 18.0. The number of nitrogens with zero attached hydrogens (tertiary/aromatic N) is 5. The summed E-state index contributed by atoms with van der Waals surface area (Å²) in [6, 6.07) is 29.3. The molecule has 5 rings (SSSR count). The van der Waals surface area contributed by atoms with Crippen LogP contribution in [0.2, 0.25) is 0 Å². The second-order valence-corrected chi connectivity index (χ2v) is 7.62. The molecule has 1 unspecified atom stereocenters. The molecule has 0 saturated carbocycles. The Morgan fingerprint density at radius 1 is 0.935 bits per heavy atom. The molecule has 0 saturated heterocycles. The summed E-state index contributed by atoms with van der Waals surface area (Å²) in [6.07, 6.45) is 4.16. The van der Waals surface area contributed by atoms with E-state index in [0.29, 0.717) is 4.77 Å². The molecule has 0 radical (unpaired) electrons. The Labute approximate surface area is 185 Å².